The van der Waals surface area contributed by atoms with Crippen LogP contribution in [0.1, 0.15) is 316 Å². The van der Waals surface area contributed by atoms with E-state index in [-0.39, 0.29) is 31.1 Å². The molecular weight excluding hydrogens is 949 g/mol. The van der Waals surface area contributed by atoms with Crippen molar-refractivity contribution in [2.75, 3.05) is 13.2 Å². The number of carbonyl (C=O) groups is 3. The molecule has 0 aromatic heterocycles. The molecule has 0 rings (SSSR count). The highest BCUT2D eigenvalue weighted by Gasteiger charge is 2.19. The SMILES string of the molecule is CC/C=C\C/C=C\C/C=C\C/C=C\C/C=C\C/C=C\C/C=C\C/C=C\CCCCCCCCCCC(=O)OCC(COC(=O)CCCCCCCCCCCCCCC)OC(=O)CCCCCCCCCCCCCCC. The second-order valence-corrected chi connectivity index (χ2v) is 21.7. The van der Waals surface area contributed by atoms with Crippen molar-refractivity contribution < 1.29 is 28.6 Å². The number of rotatable bonds is 59. The van der Waals surface area contributed by atoms with Crippen LogP contribution in [0.4, 0.5) is 0 Å². The van der Waals surface area contributed by atoms with Crippen molar-refractivity contribution in [3.8, 4) is 0 Å². The maximum atomic E-state index is 12.9. The Labute approximate surface area is 477 Å². The lowest BCUT2D eigenvalue weighted by atomic mass is 10.0. The average molecular weight is 1070 g/mol. The van der Waals surface area contributed by atoms with Crippen molar-refractivity contribution >= 4 is 17.9 Å². The van der Waals surface area contributed by atoms with E-state index in [4.69, 9.17) is 14.2 Å². The highest BCUT2D eigenvalue weighted by atomic mass is 16.6. The van der Waals surface area contributed by atoms with Crippen LogP contribution in [0.25, 0.3) is 0 Å². The Morgan fingerprint density at radius 3 is 0.792 bits per heavy atom. The fourth-order valence-corrected chi connectivity index (χ4v) is 9.23. The van der Waals surface area contributed by atoms with Crippen molar-refractivity contribution in [2.24, 2.45) is 0 Å². The van der Waals surface area contributed by atoms with Crippen LogP contribution in [0, 0.1) is 0 Å². The first-order chi connectivity index (χ1) is 38.0. The summed E-state index contributed by atoms with van der Waals surface area (Å²) >= 11 is 0. The molecule has 0 aromatic rings. The van der Waals surface area contributed by atoms with E-state index in [9.17, 15) is 14.4 Å². The van der Waals surface area contributed by atoms with Gasteiger partial charge in [-0.25, -0.2) is 0 Å². The van der Waals surface area contributed by atoms with Gasteiger partial charge in [0.1, 0.15) is 13.2 Å². The minimum absolute atomic E-state index is 0.0746. The molecule has 77 heavy (non-hydrogen) atoms. The Morgan fingerprint density at radius 1 is 0.273 bits per heavy atom. The summed E-state index contributed by atoms with van der Waals surface area (Å²) < 4.78 is 16.9. The molecule has 1 atom stereocenters. The van der Waals surface area contributed by atoms with Gasteiger partial charge in [0.05, 0.1) is 0 Å². The van der Waals surface area contributed by atoms with E-state index in [2.05, 4.69) is 118 Å². The Hall–Kier alpha value is -3.67. The molecule has 6 nitrogen and oxygen atoms in total. The fraction of sp³-hybridized carbons (Fsp3) is 0.732. The zero-order chi connectivity index (χ0) is 55.7. The summed E-state index contributed by atoms with van der Waals surface area (Å²) in [5.41, 5.74) is 0. The number of allylic oxidation sites excluding steroid dienone is 16. The maximum Gasteiger partial charge on any atom is 0.306 e. The molecule has 0 heterocycles. The molecule has 0 fully saturated rings. The van der Waals surface area contributed by atoms with E-state index in [1.54, 1.807) is 0 Å². The van der Waals surface area contributed by atoms with Crippen LogP contribution in [-0.2, 0) is 28.6 Å². The summed E-state index contributed by atoms with van der Waals surface area (Å²) in [5.74, 6) is -0.870. The van der Waals surface area contributed by atoms with Crippen molar-refractivity contribution in [3.63, 3.8) is 0 Å². The maximum absolute atomic E-state index is 12.9. The molecule has 0 bridgehead atoms. The number of unbranched alkanes of at least 4 members (excludes halogenated alkanes) is 32. The van der Waals surface area contributed by atoms with Gasteiger partial charge in [-0.15, -0.1) is 0 Å². The number of hydrogen-bond donors (Lipinski definition) is 0. The third kappa shape index (κ3) is 63.0. The van der Waals surface area contributed by atoms with Gasteiger partial charge in [-0.05, 0) is 83.5 Å². The normalized spacial score (nSPS) is 12.7. The number of carbonyl (C=O) groups excluding carboxylic acids is 3. The number of esters is 3. The van der Waals surface area contributed by atoms with Crippen LogP contribution in [0.5, 0.6) is 0 Å². The third-order valence-corrected chi connectivity index (χ3v) is 14.1. The van der Waals surface area contributed by atoms with E-state index in [0.717, 1.165) is 116 Å². The Kier molecular flexibility index (Phi) is 61.8. The van der Waals surface area contributed by atoms with Gasteiger partial charge < -0.3 is 14.2 Å². The standard InChI is InChI=1S/C71H122O6/c1-4-7-10-13-16-19-22-25-26-27-28-29-30-31-32-33-34-35-36-37-38-39-40-41-42-43-44-47-49-52-55-58-61-64-70(73)76-67-68(77-71(74)65-62-59-56-53-50-46-24-21-18-15-12-9-6-3)66-75-69(72)63-60-57-54-51-48-45-23-20-17-14-11-8-5-2/h7,10,16,19,25-26,28-29,31-32,34-35,37-38,40-41,68H,4-6,8-9,11-15,17-18,20-24,27,30,33,36,39,42-67H2,1-3H3/b10-7-,19-16-,26-25-,29-28-,32-31-,35-34-,38-37-,41-40-. The van der Waals surface area contributed by atoms with Crippen LogP contribution < -0.4 is 0 Å². The number of hydrogen-bond acceptors (Lipinski definition) is 6. The van der Waals surface area contributed by atoms with E-state index in [1.807, 2.05) is 0 Å². The van der Waals surface area contributed by atoms with Gasteiger partial charge in [-0.3, -0.25) is 14.4 Å². The highest BCUT2D eigenvalue weighted by Crippen LogP contribution is 2.17. The van der Waals surface area contributed by atoms with Gasteiger partial charge in [0.2, 0.25) is 0 Å². The molecule has 0 spiro atoms. The quantitative estimate of drug-likeness (QED) is 0.0261. The summed E-state index contributed by atoms with van der Waals surface area (Å²) in [6, 6.07) is 0. The van der Waals surface area contributed by atoms with Crippen LogP contribution in [0.2, 0.25) is 0 Å². The summed E-state index contributed by atoms with van der Waals surface area (Å²) in [6.07, 6.45) is 87.0. The molecule has 0 aromatic carbocycles. The van der Waals surface area contributed by atoms with Gasteiger partial charge in [-0.1, -0.05) is 311 Å². The highest BCUT2D eigenvalue weighted by molar-refractivity contribution is 5.71. The van der Waals surface area contributed by atoms with Crippen LogP contribution in [-0.4, -0.2) is 37.2 Å². The second-order valence-electron chi connectivity index (χ2n) is 21.7. The lowest BCUT2D eigenvalue weighted by molar-refractivity contribution is -0.167. The van der Waals surface area contributed by atoms with Gasteiger partial charge in [0.25, 0.3) is 0 Å². The van der Waals surface area contributed by atoms with Crippen molar-refractivity contribution in [3.05, 3.63) is 97.2 Å². The van der Waals surface area contributed by atoms with Crippen LogP contribution >= 0.6 is 0 Å². The molecule has 0 aliphatic heterocycles. The average Bonchev–Trinajstić information content (AvgIpc) is 3.43. The molecule has 0 saturated carbocycles. The van der Waals surface area contributed by atoms with Crippen molar-refractivity contribution in [1.29, 1.82) is 0 Å². The zero-order valence-electron chi connectivity index (χ0n) is 50.7. The summed E-state index contributed by atoms with van der Waals surface area (Å²) in [4.78, 5) is 38.2. The van der Waals surface area contributed by atoms with Crippen LogP contribution in [0.3, 0.4) is 0 Å². The first kappa shape index (κ1) is 73.3. The van der Waals surface area contributed by atoms with Crippen LogP contribution in [0.15, 0.2) is 97.2 Å². The van der Waals surface area contributed by atoms with E-state index in [1.165, 1.54) is 161 Å². The van der Waals surface area contributed by atoms with E-state index in [0.29, 0.717) is 19.3 Å². The predicted octanol–water partition coefficient (Wildman–Crippen LogP) is 22.4. The zero-order valence-corrected chi connectivity index (χ0v) is 50.7. The Morgan fingerprint density at radius 2 is 0.506 bits per heavy atom. The predicted molar refractivity (Wildman–Crippen MR) is 334 cm³/mol. The van der Waals surface area contributed by atoms with Gasteiger partial charge in [0.15, 0.2) is 6.10 Å². The summed E-state index contributed by atoms with van der Waals surface area (Å²) in [6.45, 7) is 6.54. The smallest absolute Gasteiger partial charge is 0.306 e. The lowest BCUT2D eigenvalue weighted by Gasteiger charge is -2.18. The van der Waals surface area contributed by atoms with Gasteiger partial charge >= 0.3 is 17.9 Å². The molecule has 1 unspecified atom stereocenters. The second kappa shape index (κ2) is 64.9. The third-order valence-electron chi connectivity index (χ3n) is 14.1. The molecule has 442 valence electrons. The molecule has 0 aliphatic rings. The minimum Gasteiger partial charge on any atom is -0.462 e. The molecule has 0 amide bonds. The van der Waals surface area contributed by atoms with Crippen molar-refractivity contribution in [2.45, 2.75) is 322 Å². The largest absolute Gasteiger partial charge is 0.462 e. The monoisotopic (exact) mass is 1070 g/mol. The van der Waals surface area contributed by atoms with Gasteiger partial charge in [-0.2, -0.15) is 0 Å². The lowest BCUT2D eigenvalue weighted by Crippen LogP contribution is -2.30. The topological polar surface area (TPSA) is 78.9 Å². The van der Waals surface area contributed by atoms with Gasteiger partial charge in [0, 0.05) is 19.3 Å². The first-order valence-electron chi connectivity index (χ1n) is 32.7. The Bertz CT molecular complexity index is 1510. The summed E-state index contributed by atoms with van der Waals surface area (Å²) in [7, 11) is 0. The minimum atomic E-state index is -0.777. The molecule has 0 aliphatic carbocycles. The van der Waals surface area contributed by atoms with E-state index >= 15 is 0 Å². The molecule has 0 saturated heterocycles. The summed E-state index contributed by atoms with van der Waals surface area (Å²) in [5, 5.41) is 0. The van der Waals surface area contributed by atoms with E-state index < -0.39 is 6.10 Å². The fourth-order valence-electron chi connectivity index (χ4n) is 9.23. The molecule has 0 radical (unpaired) electrons. The number of ether oxygens (including phenoxy) is 3. The molecular formula is C71H122O6. The Balaban J connectivity index is 4.21. The molecule has 6 heteroatoms. The molecule has 0 N–H and O–H groups in total. The first-order valence-corrected chi connectivity index (χ1v) is 32.7. The van der Waals surface area contributed by atoms with Crippen molar-refractivity contribution in [1.82, 2.24) is 0 Å².